The van der Waals surface area contributed by atoms with Gasteiger partial charge in [-0.05, 0) is 30.5 Å². The highest BCUT2D eigenvalue weighted by atomic mass is 32.1. The fraction of sp³-hybridized carbons (Fsp3) is 0.381. The number of thiophene rings is 1. The summed E-state index contributed by atoms with van der Waals surface area (Å²) in [5.74, 6) is -2.03. The van der Waals surface area contributed by atoms with E-state index in [-0.39, 0.29) is 24.5 Å². The summed E-state index contributed by atoms with van der Waals surface area (Å²) < 4.78 is 10.5. The maximum absolute atomic E-state index is 13.5. The minimum absolute atomic E-state index is 0.213. The number of quaternary nitrogens is 1. The highest BCUT2D eigenvalue weighted by Gasteiger charge is 2.71. The van der Waals surface area contributed by atoms with Gasteiger partial charge in [0.2, 0.25) is 17.4 Å². The van der Waals surface area contributed by atoms with Crippen LogP contribution in [0.2, 0.25) is 0 Å². The van der Waals surface area contributed by atoms with E-state index in [1.54, 1.807) is 38.1 Å². The molecule has 2 aromatic rings. The first-order chi connectivity index (χ1) is 13.9. The Morgan fingerprint density at radius 2 is 2.03 bits per heavy atom. The van der Waals surface area contributed by atoms with Crippen LogP contribution in [0, 0.1) is 11.8 Å². The van der Waals surface area contributed by atoms with Crippen LogP contribution in [0.5, 0.6) is 5.75 Å². The molecule has 0 radical (unpaired) electrons. The van der Waals surface area contributed by atoms with Crippen molar-refractivity contribution in [3.8, 4) is 5.75 Å². The van der Waals surface area contributed by atoms with Crippen molar-refractivity contribution in [3.05, 3.63) is 46.7 Å². The van der Waals surface area contributed by atoms with Crippen LogP contribution in [-0.2, 0) is 19.1 Å². The minimum Gasteiger partial charge on any atom is -0.497 e. The first-order valence-electron chi connectivity index (χ1n) is 9.51. The van der Waals surface area contributed by atoms with Crippen LogP contribution in [0.3, 0.4) is 0 Å². The molecule has 2 fully saturated rings. The van der Waals surface area contributed by atoms with Crippen molar-refractivity contribution in [2.45, 2.75) is 25.4 Å². The lowest BCUT2D eigenvalue weighted by Crippen LogP contribution is -2.97. The number of benzene rings is 1. The molecule has 1 aromatic heterocycles. The van der Waals surface area contributed by atoms with Crippen LogP contribution in [0.1, 0.15) is 24.8 Å². The molecule has 0 aliphatic carbocycles. The van der Waals surface area contributed by atoms with Crippen LogP contribution >= 0.6 is 11.3 Å². The Kier molecular flexibility index (Phi) is 4.92. The molecule has 2 aliphatic rings. The van der Waals surface area contributed by atoms with E-state index in [4.69, 9.17) is 9.47 Å². The lowest BCUT2D eigenvalue weighted by molar-refractivity contribution is -0.730. The van der Waals surface area contributed by atoms with E-state index in [1.165, 1.54) is 23.3 Å². The van der Waals surface area contributed by atoms with Gasteiger partial charge >= 0.3 is 5.97 Å². The second-order valence-corrected chi connectivity index (χ2v) is 8.41. The first kappa shape index (κ1) is 19.6. The lowest BCUT2D eigenvalue weighted by atomic mass is 9.81. The van der Waals surface area contributed by atoms with Crippen molar-refractivity contribution in [3.63, 3.8) is 0 Å². The molecule has 4 atom stereocenters. The molecule has 8 heteroatoms. The number of methoxy groups -OCH3 is 1. The summed E-state index contributed by atoms with van der Waals surface area (Å²) in [6.07, 6.45) is 0. The summed E-state index contributed by atoms with van der Waals surface area (Å²) >= 11 is 1.52. The topological polar surface area (TPSA) is 89.5 Å². The fourth-order valence-corrected chi connectivity index (χ4v) is 5.33. The standard InChI is InChI=1S/C21H22N2O5S/c1-4-28-20(26)21(2)16-15(17(22-21)14-9-6-10-29-14)18(24)23(19(16)25)12-7-5-8-13(11-12)27-3/h5-11,15-17,22H,4H2,1-3H3/p+1/t15-,16-,17-,21+/m0/s1. The van der Waals surface area contributed by atoms with Crippen LogP contribution in [0.25, 0.3) is 0 Å². The quantitative estimate of drug-likeness (QED) is 0.591. The monoisotopic (exact) mass is 415 g/mol. The van der Waals surface area contributed by atoms with Gasteiger partial charge in [-0.1, -0.05) is 12.1 Å². The Hall–Kier alpha value is -2.71. The van der Waals surface area contributed by atoms with E-state index in [0.29, 0.717) is 11.4 Å². The van der Waals surface area contributed by atoms with Gasteiger partial charge in [-0.2, -0.15) is 0 Å². The van der Waals surface area contributed by atoms with Crippen molar-refractivity contribution in [2.75, 3.05) is 18.6 Å². The Balaban J connectivity index is 1.80. The van der Waals surface area contributed by atoms with E-state index in [0.717, 1.165) is 4.88 Å². The average Bonchev–Trinajstić information content (AvgIpc) is 3.40. The van der Waals surface area contributed by atoms with E-state index in [2.05, 4.69) is 0 Å². The summed E-state index contributed by atoms with van der Waals surface area (Å²) in [7, 11) is 1.53. The molecule has 29 heavy (non-hydrogen) atoms. The molecular weight excluding hydrogens is 392 g/mol. The van der Waals surface area contributed by atoms with Crippen LogP contribution < -0.4 is 15.0 Å². The van der Waals surface area contributed by atoms with Gasteiger partial charge in [0.25, 0.3) is 0 Å². The Morgan fingerprint density at radius 1 is 1.24 bits per heavy atom. The van der Waals surface area contributed by atoms with Crippen LogP contribution in [0.15, 0.2) is 41.8 Å². The number of carbonyl (C=O) groups excluding carboxylic acids is 3. The zero-order valence-electron chi connectivity index (χ0n) is 16.5. The first-order valence-corrected chi connectivity index (χ1v) is 10.4. The fourth-order valence-electron chi connectivity index (χ4n) is 4.49. The van der Waals surface area contributed by atoms with Crippen molar-refractivity contribution >= 4 is 34.8 Å². The molecule has 0 spiro atoms. The molecule has 2 N–H and O–H groups in total. The molecule has 3 heterocycles. The number of fused-ring (bicyclic) bond motifs is 1. The number of carbonyl (C=O) groups is 3. The molecule has 7 nitrogen and oxygen atoms in total. The van der Waals surface area contributed by atoms with Crippen LogP contribution in [-0.4, -0.2) is 37.0 Å². The highest BCUT2D eigenvalue weighted by molar-refractivity contribution is 7.10. The third-order valence-electron chi connectivity index (χ3n) is 5.81. The predicted molar refractivity (Wildman–Crippen MR) is 106 cm³/mol. The van der Waals surface area contributed by atoms with E-state index >= 15 is 0 Å². The van der Waals surface area contributed by atoms with Gasteiger partial charge in [-0.15, -0.1) is 11.3 Å². The third-order valence-corrected chi connectivity index (χ3v) is 6.78. The van der Waals surface area contributed by atoms with Gasteiger partial charge in [0, 0.05) is 13.0 Å². The van der Waals surface area contributed by atoms with Crippen LogP contribution in [0.4, 0.5) is 5.69 Å². The zero-order chi connectivity index (χ0) is 20.8. The molecule has 1 aromatic carbocycles. The highest BCUT2D eigenvalue weighted by Crippen LogP contribution is 2.46. The Labute approximate surface area is 172 Å². The molecule has 152 valence electrons. The third kappa shape index (κ3) is 2.94. The van der Waals surface area contributed by atoms with Crippen molar-refractivity contribution in [2.24, 2.45) is 11.8 Å². The maximum atomic E-state index is 13.5. The van der Waals surface area contributed by atoms with Gasteiger partial charge in [-0.3, -0.25) is 9.59 Å². The zero-order valence-corrected chi connectivity index (χ0v) is 17.3. The molecule has 0 saturated carbocycles. The number of ether oxygens (including phenoxy) is 2. The second kappa shape index (κ2) is 7.27. The number of esters is 1. The van der Waals surface area contributed by atoms with E-state index in [1.807, 2.05) is 22.8 Å². The predicted octanol–water partition coefficient (Wildman–Crippen LogP) is 1.50. The van der Waals surface area contributed by atoms with Gasteiger partial charge < -0.3 is 14.8 Å². The number of rotatable bonds is 5. The summed E-state index contributed by atoms with van der Waals surface area (Å²) in [6, 6.07) is 10.4. The van der Waals surface area contributed by atoms with E-state index in [9.17, 15) is 14.4 Å². The van der Waals surface area contributed by atoms with Gasteiger partial charge in [0.05, 0.1) is 24.3 Å². The Morgan fingerprint density at radius 3 is 2.69 bits per heavy atom. The molecule has 2 aliphatic heterocycles. The van der Waals surface area contributed by atoms with Crippen molar-refractivity contribution < 1.29 is 29.2 Å². The number of imide groups is 1. The molecule has 2 amide bonds. The number of amides is 2. The maximum Gasteiger partial charge on any atom is 0.368 e. The molecule has 0 unspecified atom stereocenters. The average molecular weight is 415 g/mol. The molecular formula is C21H23N2O5S+. The number of hydrogen-bond acceptors (Lipinski definition) is 6. The second-order valence-electron chi connectivity index (χ2n) is 7.43. The molecule has 2 saturated heterocycles. The van der Waals surface area contributed by atoms with E-state index < -0.39 is 23.3 Å². The summed E-state index contributed by atoms with van der Waals surface area (Å²) in [5.41, 5.74) is -0.722. The summed E-state index contributed by atoms with van der Waals surface area (Å²) in [6.45, 7) is 3.65. The van der Waals surface area contributed by atoms with Gasteiger partial charge in [-0.25, -0.2) is 9.69 Å². The SMILES string of the molecule is CCOC(=O)[C@]1(C)[NH2+][C@@H](c2cccs2)[C@H]2C(=O)N(c3cccc(OC)c3)C(=O)[C@H]21. The largest absolute Gasteiger partial charge is 0.497 e. The minimum atomic E-state index is -1.17. The number of hydrogen-bond donors (Lipinski definition) is 1. The van der Waals surface area contributed by atoms with Crippen molar-refractivity contribution in [1.82, 2.24) is 0 Å². The normalized spacial score (nSPS) is 28.5. The van der Waals surface area contributed by atoms with Crippen molar-refractivity contribution in [1.29, 1.82) is 0 Å². The molecule has 4 rings (SSSR count). The lowest BCUT2D eigenvalue weighted by Gasteiger charge is -2.26. The number of nitrogens with zero attached hydrogens (tertiary/aromatic N) is 1. The number of nitrogens with two attached hydrogens (primary N) is 1. The molecule has 0 bridgehead atoms. The Bertz CT molecular complexity index is 960. The number of anilines is 1. The van der Waals surface area contributed by atoms with Gasteiger partial charge in [0.15, 0.2) is 0 Å². The van der Waals surface area contributed by atoms with Gasteiger partial charge in [0.1, 0.15) is 23.6 Å². The summed E-state index contributed by atoms with van der Waals surface area (Å²) in [4.78, 5) is 42.0. The smallest absolute Gasteiger partial charge is 0.368 e. The summed E-state index contributed by atoms with van der Waals surface area (Å²) in [5, 5.41) is 3.77.